The molecule has 3 heteroatoms. The number of hydrogen-bond donors (Lipinski definition) is 2. The molecule has 0 aromatic carbocycles. The summed E-state index contributed by atoms with van der Waals surface area (Å²) in [5.74, 6) is 0.653. The van der Waals surface area contributed by atoms with Crippen molar-refractivity contribution in [3.05, 3.63) is 0 Å². The second-order valence-corrected chi connectivity index (χ2v) is 3.06. The lowest BCUT2D eigenvalue weighted by atomic mass is 10.1. The molecule has 0 amide bonds. The van der Waals surface area contributed by atoms with Gasteiger partial charge >= 0.3 is 0 Å². The van der Waals surface area contributed by atoms with Crippen molar-refractivity contribution in [2.45, 2.75) is 19.4 Å². The molecule has 1 fully saturated rings. The van der Waals surface area contributed by atoms with Crippen LogP contribution in [0.25, 0.3) is 0 Å². The van der Waals surface area contributed by atoms with Crippen molar-refractivity contribution >= 4 is 17.3 Å². The Morgan fingerprint density at radius 2 is 2.44 bits per heavy atom. The van der Waals surface area contributed by atoms with Crippen molar-refractivity contribution in [3.8, 4) is 0 Å². The maximum atomic E-state index is 8.84. The first-order chi connectivity index (χ1) is 4.20. The minimum absolute atomic E-state index is 0.0787. The van der Waals surface area contributed by atoms with E-state index in [4.69, 9.17) is 5.11 Å². The summed E-state index contributed by atoms with van der Waals surface area (Å²) in [7, 11) is 0. The lowest BCUT2D eigenvalue weighted by Gasteiger charge is -2.03. The van der Waals surface area contributed by atoms with Gasteiger partial charge in [0.2, 0.25) is 0 Å². The van der Waals surface area contributed by atoms with Crippen LogP contribution in [0.2, 0.25) is 0 Å². The third kappa shape index (κ3) is 1.63. The molecule has 2 atom stereocenters. The SMILES string of the molecule is C[C@H]1CN[C@H](C(O)=S)C1. The molecule has 1 aliphatic heterocycles. The first-order valence-corrected chi connectivity index (χ1v) is 3.57. The standard InChI is InChI=1S/C6H11NOS/c1-4-2-5(6(8)9)7-3-4/h4-5,7H,2-3H2,1H3,(H,8,9)/t4-,5+/m1/s1. The van der Waals surface area contributed by atoms with Gasteiger partial charge in [-0.15, -0.1) is 0 Å². The molecule has 52 valence electrons. The number of thiocarbonyl (C=S) groups is 1. The Morgan fingerprint density at radius 3 is 2.67 bits per heavy atom. The smallest absolute Gasteiger partial charge is 0.174 e. The van der Waals surface area contributed by atoms with E-state index in [9.17, 15) is 0 Å². The van der Waals surface area contributed by atoms with Crippen molar-refractivity contribution < 1.29 is 5.11 Å². The third-order valence-corrected chi connectivity index (χ3v) is 1.93. The molecule has 0 aromatic rings. The highest BCUT2D eigenvalue weighted by molar-refractivity contribution is 7.80. The van der Waals surface area contributed by atoms with Crippen molar-refractivity contribution in [1.29, 1.82) is 0 Å². The monoisotopic (exact) mass is 145 g/mol. The van der Waals surface area contributed by atoms with Crippen LogP contribution < -0.4 is 5.32 Å². The lowest BCUT2D eigenvalue weighted by molar-refractivity contribution is 0.514. The van der Waals surface area contributed by atoms with E-state index < -0.39 is 0 Å². The minimum Gasteiger partial charge on any atom is -0.501 e. The van der Waals surface area contributed by atoms with Crippen LogP contribution >= 0.6 is 12.2 Å². The van der Waals surface area contributed by atoms with E-state index in [1.807, 2.05) is 0 Å². The molecule has 1 rings (SSSR count). The fourth-order valence-corrected chi connectivity index (χ4v) is 1.28. The van der Waals surface area contributed by atoms with Gasteiger partial charge in [0.25, 0.3) is 0 Å². The minimum atomic E-state index is 0.0787. The molecular weight excluding hydrogens is 134 g/mol. The second kappa shape index (κ2) is 2.62. The van der Waals surface area contributed by atoms with Crippen LogP contribution in [0.15, 0.2) is 0 Å². The summed E-state index contributed by atoms with van der Waals surface area (Å²) in [6, 6.07) is 0.0787. The maximum Gasteiger partial charge on any atom is 0.174 e. The third-order valence-electron chi connectivity index (χ3n) is 1.65. The summed E-state index contributed by atoms with van der Waals surface area (Å²) in [4.78, 5) is 0. The van der Waals surface area contributed by atoms with Gasteiger partial charge in [0, 0.05) is 0 Å². The summed E-state index contributed by atoms with van der Waals surface area (Å²) in [5.41, 5.74) is 0. The van der Waals surface area contributed by atoms with Gasteiger partial charge in [0.1, 0.15) is 0 Å². The zero-order valence-electron chi connectivity index (χ0n) is 5.42. The van der Waals surface area contributed by atoms with Gasteiger partial charge in [0.05, 0.1) is 6.04 Å². The predicted molar refractivity (Wildman–Crippen MR) is 40.8 cm³/mol. The number of nitrogens with one attached hydrogen (secondary N) is 1. The quantitative estimate of drug-likeness (QED) is 0.537. The summed E-state index contributed by atoms with van der Waals surface area (Å²) in [5, 5.41) is 12.1. The van der Waals surface area contributed by atoms with E-state index in [2.05, 4.69) is 24.5 Å². The summed E-state index contributed by atoms with van der Waals surface area (Å²) >= 11 is 4.60. The zero-order chi connectivity index (χ0) is 6.85. The largest absolute Gasteiger partial charge is 0.501 e. The molecule has 0 aliphatic carbocycles. The average molecular weight is 145 g/mol. The Hall–Kier alpha value is -0.150. The highest BCUT2D eigenvalue weighted by atomic mass is 32.1. The van der Waals surface area contributed by atoms with Crippen LogP contribution in [0.5, 0.6) is 0 Å². The molecule has 0 bridgehead atoms. The summed E-state index contributed by atoms with van der Waals surface area (Å²) in [6.07, 6.45) is 0.981. The molecule has 9 heavy (non-hydrogen) atoms. The molecule has 0 unspecified atom stereocenters. The Kier molecular flexibility index (Phi) is 2.03. The Bertz CT molecular complexity index is 126. The van der Waals surface area contributed by atoms with Gasteiger partial charge in [-0.2, -0.15) is 0 Å². The first kappa shape index (κ1) is 6.96. The van der Waals surface area contributed by atoms with Gasteiger partial charge < -0.3 is 10.4 Å². The van der Waals surface area contributed by atoms with Crippen molar-refractivity contribution in [3.63, 3.8) is 0 Å². The number of hydrogen-bond acceptors (Lipinski definition) is 2. The molecule has 0 aromatic heterocycles. The molecule has 0 spiro atoms. The maximum absolute atomic E-state index is 8.84. The first-order valence-electron chi connectivity index (χ1n) is 3.16. The normalized spacial score (nSPS) is 34.8. The lowest BCUT2D eigenvalue weighted by Crippen LogP contribution is -2.28. The zero-order valence-corrected chi connectivity index (χ0v) is 6.24. The van der Waals surface area contributed by atoms with E-state index >= 15 is 0 Å². The van der Waals surface area contributed by atoms with Crippen LogP contribution in [0.4, 0.5) is 0 Å². The van der Waals surface area contributed by atoms with Gasteiger partial charge in [-0.05, 0) is 31.1 Å². The van der Waals surface area contributed by atoms with Crippen LogP contribution in [0, 0.1) is 5.92 Å². The molecule has 0 saturated carbocycles. The van der Waals surface area contributed by atoms with Crippen molar-refractivity contribution in [2.75, 3.05) is 6.54 Å². The van der Waals surface area contributed by atoms with E-state index in [1.165, 1.54) is 0 Å². The molecule has 1 saturated heterocycles. The summed E-state index contributed by atoms with van der Waals surface area (Å²) in [6.45, 7) is 3.12. The van der Waals surface area contributed by atoms with Crippen molar-refractivity contribution in [1.82, 2.24) is 5.32 Å². The van der Waals surface area contributed by atoms with Gasteiger partial charge in [-0.1, -0.05) is 6.92 Å². The fraction of sp³-hybridized carbons (Fsp3) is 0.833. The Labute approximate surface area is 60.3 Å². The highest BCUT2D eigenvalue weighted by Crippen LogP contribution is 2.12. The molecular formula is C6H11NOS. The van der Waals surface area contributed by atoms with Gasteiger partial charge in [-0.25, -0.2) is 0 Å². The van der Waals surface area contributed by atoms with Gasteiger partial charge in [0.15, 0.2) is 5.05 Å². The molecule has 0 radical (unpaired) electrons. The van der Waals surface area contributed by atoms with E-state index in [0.717, 1.165) is 13.0 Å². The van der Waals surface area contributed by atoms with E-state index in [-0.39, 0.29) is 11.1 Å². The number of rotatable bonds is 1. The van der Waals surface area contributed by atoms with Crippen LogP contribution in [0.3, 0.4) is 0 Å². The van der Waals surface area contributed by atoms with Crippen LogP contribution in [0.1, 0.15) is 13.3 Å². The number of aliphatic hydroxyl groups is 1. The van der Waals surface area contributed by atoms with Crippen molar-refractivity contribution in [2.24, 2.45) is 5.92 Å². The molecule has 2 nitrogen and oxygen atoms in total. The number of aliphatic hydroxyl groups excluding tert-OH is 1. The fourth-order valence-electron chi connectivity index (χ4n) is 1.10. The Balaban J connectivity index is 2.39. The van der Waals surface area contributed by atoms with Gasteiger partial charge in [-0.3, -0.25) is 0 Å². The molecule has 1 heterocycles. The predicted octanol–water partition coefficient (Wildman–Crippen LogP) is 0.870. The summed E-state index contributed by atoms with van der Waals surface area (Å²) < 4.78 is 0. The van der Waals surface area contributed by atoms with E-state index in [0.29, 0.717) is 5.92 Å². The van der Waals surface area contributed by atoms with Crippen LogP contribution in [-0.4, -0.2) is 22.7 Å². The average Bonchev–Trinajstić information content (AvgIpc) is 2.14. The topological polar surface area (TPSA) is 32.3 Å². The van der Waals surface area contributed by atoms with E-state index in [1.54, 1.807) is 0 Å². The second-order valence-electron chi connectivity index (χ2n) is 2.64. The highest BCUT2D eigenvalue weighted by Gasteiger charge is 2.23. The molecule has 2 N–H and O–H groups in total. The molecule has 1 aliphatic rings. The van der Waals surface area contributed by atoms with Crippen LogP contribution in [-0.2, 0) is 0 Å². The Morgan fingerprint density at radius 1 is 1.78 bits per heavy atom.